The van der Waals surface area contributed by atoms with Crippen LogP contribution >= 0.6 is 0 Å². The number of aryl methyl sites for hydroxylation is 1. The number of carbonyl (C=O) groups is 1. The molecule has 1 aliphatic rings. The predicted octanol–water partition coefficient (Wildman–Crippen LogP) is 4.05. The lowest BCUT2D eigenvalue weighted by molar-refractivity contribution is 0.0925. The van der Waals surface area contributed by atoms with Crippen LogP contribution in [0.25, 0.3) is 0 Å². The molecule has 1 fully saturated rings. The minimum absolute atomic E-state index is 0.0872. The minimum Gasteiger partial charge on any atom is -0.345 e. The van der Waals surface area contributed by atoms with Crippen molar-refractivity contribution < 1.29 is 13.2 Å². The third kappa shape index (κ3) is 4.38. The lowest BCUT2D eigenvalue weighted by atomic mass is 9.92. The lowest BCUT2D eigenvalue weighted by Crippen LogP contribution is -2.37. The molecule has 0 radical (unpaired) electrons. The van der Waals surface area contributed by atoms with E-state index in [4.69, 9.17) is 0 Å². The molecular weight excluding hydrogens is 372 g/mol. The maximum atomic E-state index is 12.8. The Kier molecular flexibility index (Phi) is 6.08. The molecule has 1 amide bonds. The molecule has 1 N–H and O–H groups in total. The Balaban J connectivity index is 1.78. The number of amides is 1. The average Bonchev–Trinajstić information content (AvgIpc) is 2.66. The van der Waals surface area contributed by atoms with Crippen molar-refractivity contribution in [3.05, 3.63) is 65.2 Å². The van der Waals surface area contributed by atoms with E-state index in [2.05, 4.69) is 19.2 Å². The molecule has 2 aromatic rings. The Bertz CT molecular complexity index is 937. The fourth-order valence-corrected chi connectivity index (χ4v) is 5.26. The van der Waals surface area contributed by atoms with Crippen molar-refractivity contribution >= 4 is 21.6 Å². The van der Waals surface area contributed by atoms with Crippen LogP contribution < -0.4 is 9.62 Å². The summed E-state index contributed by atoms with van der Waals surface area (Å²) in [6.07, 6.45) is 1.56. The van der Waals surface area contributed by atoms with E-state index in [0.717, 1.165) is 17.5 Å². The summed E-state index contributed by atoms with van der Waals surface area (Å²) in [5, 5.41) is 3.13. The number of rotatable bonds is 5. The molecule has 0 spiro atoms. The van der Waals surface area contributed by atoms with Crippen molar-refractivity contribution in [2.24, 2.45) is 5.92 Å². The van der Waals surface area contributed by atoms with Crippen molar-refractivity contribution in [2.45, 2.75) is 39.7 Å². The number of hydrogen-bond acceptors (Lipinski definition) is 3. The van der Waals surface area contributed by atoms with Gasteiger partial charge in [0.1, 0.15) is 0 Å². The highest BCUT2D eigenvalue weighted by molar-refractivity contribution is 7.92. The molecule has 1 heterocycles. The SMILES string of the molecule is Cc1ccccc1C(NC(=O)c1ccc(N2CCCCS2(=O)=O)cc1)C(C)C. The van der Waals surface area contributed by atoms with Crippen molar-refractivity contribution in [2.75, 3.05) is 16.6 Å². The largest absolute Gasteiger partial charge is 0.345 e. The van der Waals surface area contributed by atoms with Gasteiger partial charge in [0, 0.05) is 12.1 Å². The van der Waals surface area contributed by atoms with E-state index >= 15 is 0 Å². The zero-order valence-corrected chi connectivity index (χ0v) is 17.5. The summed E-state index contributed by atoms with van der Waals surface area (Å²) in [6, 6.07) is 14.8. The van der Waals surface area contributed by atoms with Crippen molar-refractivity contribution in [1.29, 1.82) is 0 Å². The van der Waals surface area contributed by atoms with E-state index in [9.17, 15) is 13.2 Å². The molecule has 1 atom stereocenters. The lowest BCUT2D eigenvalue weighted by Gasteiger charge is -2.28. The highest BCUT2D eigenvalue weighted by atomic mass is 32.2. The zero-order chi connectivity index (χ0) is 20.3. The van der Waals surface area contributed by atoms with Gasteiger partial charge in [-0.15, -0.1) is 0 Å². The highest BCUT2D eigenvalue weighted by Crippen LogP contribution is 2.26. The number of sulfonamides is 1. The maximum Gasteiger partial charge on any atom is 0.251 e. The van der Waals surface area contributed by atoms with Crippen LogP contribution in [-0.4, -0.2) is 26.6 Å². The van der Waals surface area contributed by atoms with Crippen LogP contribution in [0.5, 0.6) is 0 Å². The molecule has 1 unspecified atom stereocenters. The van der Waals surface area contributed by atoms with Crippen LogP contribution in [0.1, 0.15) is 54.2 Å². The zero-order valence-electron chi connectivity index (χ0n) is 16.7. The van der Waals surface area contributed by atoms with E-state index in [0.29, 0.717) is 24.2 Å². The van der Waals surface area contributed by atoms with Gasteiger partial charge in [-0.3, -0.25) is 9.10 Å². The summed E-state index contributed by atoms with van der Waals surface area (Å²) >= 11 is 0. The molecule has 5 nitrogen and oxygen atoms in total. The summed E-state index contributed by atoms with van der Waals surface area (Å²) in [6.45, 7) is 6.71. The Morgan fingerprint density at radius 2 is 1.71 bits per heavy atom. The average molecular weight is 401 g/mol. The van der Waals surface area contributed by atoms with Crippen LogP contribution in [0.15, 0.2) is 48.5 Å². The van der Waals surface area contributed by atoms with Crippen LogP contribution in [-0.2, 0) is 10.0 Å². The molecule has 0 bridgehead atoms. The van der Waals surface area contributed by atoms with Crippen molar-refractivity contribution in [3.8, 4) is 0 Å². The molecule has 6 heteroatoms. The Morgan fingerprint density at radius 3 is 2.32 bits per heavy atom. The third-order valence-corrected chi connectivity index (χ3v) is 7.11. The fourth-order valence-electron chi connectivity index (χ4n) is 3.62. The minimum atomic E-state index is -3.25. The monoisotopic (exact) mass is 400 g/mol. The predicted molar refractivity (Wildman–Crippen MR) is 113 cm³/mol. The molecule has 1 aliphatic heterocycles. The standard InChI is InChI=1S/C22H28N2O3S/c1-16(2)21(20-9-5-4-8-17(20)3)23-22(25)18-10-12-19(13-11-18)24-14-6-7-15-28(24,26)27/h4-5,8-13,16,21H,6-7,14-15H2,1-3H3,(H,23,25). The second-order valence-electron chi connectivity index (χ2n) is 7.69. The van der Waals surface area contributed by atoms with Gasteiger partial charge in [0.15, 0.2) is 0 Å². The third-order valence-electron chi connectivity index (χ3n) is 5.24. The van der Waals surface area contributed by atoms with Crippen LogP contribution in [0.2, 0.25) is 0 Å². The number of benzene rings is 2. The first kappa shape index (κ1) is 20.4. The summed E-state index contributed by atoms with van der Waals surface area (Å²) in [5.74, 6) is 0.264. The van der Waals surface area contributed by atoms with E-state index in [1.54, 1.807) is 24.3 Å². The van der Waals surface area contributed by atoms with Gasteiger partial charge in [-0.2, -0.15) is 0 Å². The quantitative estimate of drug-likeness (QED) is 0.823. The summed E-state index contributed by atoms with van der Waals surface area (Å²) in [4.78, 5) is 12.8. The molecule has 150 valence electrons. The molecular formula is C22H28N2O3S. The van der Waals surface area contributed by atoms with Crippen LogP contribution in [0.4, 0.5) is 5.69 Å². The second kappa shape index (κ2) is 8.35. The van der Waals surface area contributed by atoms with Crippen molar-refractivity contribution in [1.82, 2.24) is 5.32 Å². The summed E-state index contributed by atoms with van der Waals surface area (Å²) in [7, 11) is -3.25. The van der Waals surface area contributed by atoms with Gasteiger partial charge < -0.3 is 5.32 Å². The van der Waals surface area contributed by atoms with Gasteiger partial charge in [-0.25, -0.2) is 8.42 Å². The van der Waals surface area contributed by atoms with Gasteiger partial charge in [0.05, 0.1) is 17.5 Å². The first-order chi connectivity index (χ1) is 13.3. The van der Waals surface area contributed by atoms with Gasteiger partial charge >= 0.3 is 0 Å². The first-order valence-electron chi connectivity index (χ1n) is 9.76. The molecule has 0 aliphatic carbocycles. The highest BCUT2D eigenvalue weighted by Gasteiger charge is 2.26. The fraction of sp³-hybridized carbons (Fsp3) is 0.409. The first-order valence-corrected chi connectivity index (χ1v) is 11.4. The van der Waals surface area contributed by atoms with Gasteiger partial charge in [-0.1, -0.05) is 38.1 Å². The van der Waals surface area contributed by atoms with Gasteiger partial charge in [0.25, 0.3) is 5.91 Å². The molecule has 1 saturated heterocycles. The van der Waals surface area contributed by atoms with Crippen molar-refractivity contribution in [3.63, 3.8) is 0 Å². The molecule has 0 aromatic heterocycles. The molecule has 0 saturated carbocycles. The summed E-state index contributed by atoms with van der Waals surface area (Å²) < 4.78 is 26.0. The number of anilines is 1. The van der Waals surface area contributed by atoms with Gasteiger partial charge in [0.2, 0.25) is 10.0 Å². The second-order valence-corrected chi connectivity index (χ2v) is 9.71. The van der Waals surface area contributed by atoms with Crippen LogP contribution in [0.3, 0.4) is 0 Å². The van der Waals surface area contributed by atoms with Gasteiger partial charge in [-0.05, 0) is 61.1 Å². The van der Waals surface area contributed by atoms with Crippen LogP contribution in [0, 0.1) is 12.8 Å². The summed E-state index contributed by atoms with van der Waals surface area (Å²) in [5.41, 5.74) is 3.40. The Morgan fingerprint density at radius 1 is 1.04 bits per heavy atom. The number of hydrogen-bond donors (Lipinski definition) is 1. The molecule has 2 aromatic carbocycles. The topological polar surface area (TPSA) is 66.5 Å². The number of carbonyl (C=O) groups excluding carboxylic acids is 1. The van der Waals surface area contributed by atoms with E-state index in [1.165, 1.54) is 4.31 Å². The molecule has 3 rings (SSSR count). The normalized spacial score (nSPS) is 17.4. The van der Waals surface area contributed by atoms with E-state index in [-0.39, 0.29) is 23.6 Å². The molecule has 28 heavy (non-hydrogen) atoms. The Hall–Kier alpha value is -2.34. The smallest absolute Gasteiger partial charge is 0.251 e. The van der Waals surface area contributed by atoms with E-state index < -0.39 is 10.0 Å². The Labute approximate surface area is 167 Å². The number of nitrogens with zero attached hydrogens (tertiary/aromatic N) is 1. The maximum absolute atomic E-state index is 12.8. The van der Waals surface area contributed by atoms with E-state index in [1.807, 2.05) is 31.2 Å². The number of nitrogens with one attached hydrogen (secondary N) is 1.